The fourth-order valence-electron chi connectivity index (χ4n) is 1.50. The predicted molar refractivity (Wildman–Crippen MR) is 77.0 cm³/mol. The van der Waals surface area contributed by atoms with E-state index in [1.165, 1.54) is 12.1 Å². The van der Waals surface area contributed by atoms with Crippen LogP contribution in [0.15, 0.2) is 18.2 Å². The number of rotatable bonds is 8. The van der Waals surface area contributed by atoms with E-state index >= 15 is 0 Å². The second-order valence-electron chi connectivity index (χ2n) is 4.61. The van der Waals surface area contributed by atoms with Gasteiger partial charge in [0.15, 0.2) is 0 Å². The summed E-state index contributed by atoms with van der Waals surface area (Å²) < 4.78 is 5.42. The molecule has 2 atom stereocenters. The van der Waals surface area contributed by atoms with Crippen LogP contribution < -0.4 is 15.8 Å². The Morgan fingerprint density at radius 1 is 1.50 bits per heavy atom. The molecular formula is C13H21N3O4. The van der Waals surface area contributed by atoms with Gasteiger partial charge in [-0.15, -0.1) is 0 Å². The van der Waals surface area contributed by atoms with E-state index in [2.05, 4.69) is 5.32 Å². The van der Waals surface area contributed by atoms with Gasteiger partial charge >= 0.3 is 0 Å². The zero-order valence-corrected chi connectivity index (χ0v) is 11.7. The van der Waals surface area contributed by atoms with Gasteiger partial charge in [-0.3, -0.25) is 10.1 Å². The summed E-state index contributed by atoms with van der Waals surface area (Å²) in [5.74, 6) is 0.439. The SMILES string of the molecule is CCCOc1cc(NCC(N)C(C)O)cc([N+](=O)[O-])c1. The number of nitrogens with one attached hydrogen (secondary N) is 1. The van der Waals surface area contributed by atoms with Crippen molar-refractivity contribution in [1.82, 2.24) is 0 Å². The van der Waals surface area contributed by atoms with E-state index in [4.69, 9.17) is 10.5 Å². The molecule has 0 aliphatic heterocycles. The number of anilines is 1. The van der Waals surface area contributed by atoms with Crippen molar-refractivity contribution >= 4 is 11.4 Å². The average Bonchev–Trinajstić information content (AvgIpc) is 2.42. The van der Waals surface area contributed by atoms with Crippen molar-refractivity contribution < 1.29 is 14.8 Å². The maximum atomic E-state index is 10.9. The third-order valence-corrected chi connectivity index (χ3v) is 2.74. The lowest BCUT2D eigenvalue weighted by atomic mass is 10.2. The number of aliphatic hydroxyl groups excluding tert-OH is 1. The monoisotopic (exact) mass is 283 g/mol. The lowest BCUT2D eigenvalue weighted by Gasteiger charge is -2.16. The number of ether oxygens (including phenoxy) is 1. The first-order chi connectivity index (χ1) is 9.43. The molecule has 1 rings (SSSR count). The van der Waals surface area contributed by atoms with Crippen LogP contribution in [0.2, 0.25) is 0 Å². The zero-order valence-electron chi connectivity index (χ0n) is 11.7. The van der Waals surface area contributed by atoms with Crippen molar-refractivity contribution in [2.45, 2.75) is 32.4 Å². The number of nitrogens with two attached hydrogens (primary N) is 1. The Kier molecular flexibility index (Phi) is 6.20. The molecule has 1 aromatic carbocycles. The van der Waals surface area contributed by atoms with Crippen molar-refractivity contribution in [3.8, 4) is 5.75 Å². The van der Waals surface area contributed by atoms with Crippen LogP contribution in [-0.4, -0.2) is 35.3 Å². The molecule has 0 saturated heterocycles. The number of nitrogens with zero attached hydrogens (tertiary/aromatic N) is 1. The van der Waals surface area contributed by atoms with Crippen LogP contribution in [0.1, 0.15) is 20.3 Å². The molecule has 0 amide bonds. The third-order valence-electron chi connectivity index (χ3n) is 2.74. The molecule has 7 heteroatoms. The van der Waals surface area contributed by atoms with E-state index in [1.807, 2.05) is 6.92 Å². The number of nitro groups is 1. The second-order valence-corrected chi connectivity index (χ2v) is 4.61. The summed E-state index contributed by atoms with van der Waals surface area (Å²) in [6.45, 7) is 4.35. The summed E-state index contributed by atoms with van der Waals surface area (Å²) in [6, 6.07) is 4.02. The normalized spacial score (nSPS) is 13.6. The molecule has 4 N–H and O–H groups in total. The van der Waals surface area contributed by atoms with Gasteiger partial charge in [-0.1, -0.05) is 6.92 Å². The molecule has 0 heterocycles. The van der Waals surface area contributed by atoms with Crippen molar-refractivity contribution in [2.24, 2.45) is 5.73 Å². The molecule has 0 radical (unpaired) electrons. The van der Waals surface area contributed by atoms with E-state index < -0.39 is 17.1 Å². The van der Waals surface area contributed by atoms with Crippen LogP contribution in [0.4, 0.5) is 11.4 Å². The van der Waals surface area contributed by atoms with Crippen molar-refractivity contribution in [3.63, 3.8) is 0 Å². The molecule has 20 heavy (non-hydrogen) atoms. The van der Waals surface area contributed by atoms with Gasteiger partial charge in [0.25, 0.3) is 5.69 Å². The number of aliphatic hydroxyl groups is 1. The van der Waals surface area contributed by atoms with E-state index in [0.717, 1.165) is 6.42 Å². The molecule has 0 aliphatic rings. The summed E-state index contributed by atoms with van der Waals surface area (Å²) in [6.07, 6.45) is 0.162. The van der Waals surface area contributed by atoms with Crippen LogP contribution in [0.5, 0.6) is 5.75 Å². The van der Waals surface area contributed by atoms with Gasteiger partial charge in [-0.25, -0.2) is 0 Å². The van der Waals surface area contributed by atoms with E-state index in [1.54, 1.807) is 13.0 Å². The van der Waals surface area contributed by atoms with Gasteiger partial charge in [-0.05, 0) is 13.3 Å². The fourth-order valence-corrected chi connectivity index (χ4v) is 1.50. The Labute approximate surface area is 117 Å². The second kappa shape index (κ2) is 7.66. The van der Waals surface area contributed by atoms with Gasteiger partial charge in [0.05, 0.1) is 23.7 Å². The van der Waals surface area contributed by atoms with Crippen molar-refractivity contribution in [3.05, 3.63) is 28.3 Å². The van der Waals surface area contributed by atoms with Crippen molar-refractivity contribution in [1.29, 1.82) is 0 Å². The third kappa shape index (κ3) is 5.02. The van der Waals surface area contributed by atoms with Gasteiger partial charge < -0.3 is 20.9 Å². The first kappa shape index (κ1) is 16.2. The highest BCUT2D eigenvalue weighted by atomic mass is 16.6. The topological polar surface area (TPSA) is 111 Å². The van der Waals surface area contributed by atoms with E-state index in [-0.39, 0.29) is 5.69 Å². The zero-order chi connectivity index (χ0) is 15.1. The Morgan fingerprint density at radius 2 is 2.20 bits per heavy atom. The molecule has 112 valence electrons. The standard InChI is InChI=1S/C13H21N3O4/c1-3-4-20-12-6-10(5-11(7-12)16(18)19)15-8-13(14)9(2)17/h5-7,9,13,15,17H,3-4,8,14H2,1-2H3. The molecule has 0 aromatic heterocycles. The molecule has 0 bridgehead atoms. The van der Waals surface area contributed by atoms with Gasteiger partial charge in [0.1, 0.15) is 5.75 Å². The van der Waals surface area contributed by atoms with Crippen LogP contribution in [-0.2, 0) is 0 Å². The Morgan fingerprint density at radius 3 is 2.75 bits per heavy atom. The summed E-state index contributed by atoms with van der Waals surface area (Å²) >= 11 is 0. The minimum Gasteiger partial charge on any atom is -0.493 e. The predicted octanol–water partition coefficient (Wildman–Crippen LogP) is 1.50. The Hall–Kier alpha value is -1.86. The number of non-ortho nitro benzene ring substituents is 1. The van der Waals surface area contributed by atoms with Crippen LogP contribution >= 0.6 is 0 Å². The lowest BCUT2D eigenvalue weighted by molar-refractivity contribution is -0.384. The summed E-state index contributed by atoms with van der Waals surface area (Å²) in [5, 5.41) is 23.2. The molecule has 1 aromatic rings. The molecule has 0 aliphatic carbocycles. The molecule has 0 saturated carbocycles. The summed E-state index contributed by atoms with van der Waals surface area (Å²) in [4.78, 5) is 10.4. The Bertz CT molecular complexity index is 451. The largest absolute Gasteiger partial charge is 0.493 e. The van der Waals surface area contributed by atoms with Crippen LogP contribution in [0.3, 0.4) is 0 Å². The maximum Gasteiger partial charge on any atom is 0.275 e. The number of nitro benzene ring substituents is 1. The molecular weight excluding hydrogens is 262 g/mol. The molecule has 0 spiro atoms. The minimum atomic E-state index is -0.656. The molecule has 7 nitrogen and oxygen atoms in total. The van der Waals surface area contributed by atoms with Crippen LogP contribution in [0, 0.1) is 10.1 Å². The summed E-state index contributed by atoms with van der Waals surface area (Å²) in [5.41, 5.74) is 6.20. The Balaban J connectivity index is 2.82. The van der Waals surface area contributed by atoms with E-state index in [0.29, 0.717) is 24.6 Å². The highest BCUT2D eigenvalue weighted by Gasteiger charge is 2.13. The number of hydrogen-bond acceptors (Lipinski definition) is 6. The first-order valence-electron chi connectivity index (χ1n) is 6.53. The molecule has 2 unspecified atom stereocenters. The maximum absolute atomic E-state index is 10.9. The van der Waals surface area contributed by atoms with Gasteiger partial charge in [-0.2, -0.15) is 0 Å². The molecule has 0 fully saturated rings. The smallest absolute Gasteiger partial charge is 0.275 e. The van der Waals surface area contributed by atoms with E-state index in [9.17, 15) is 15.2 Å². The highest BCUT2D eigenvalue weighted by molar-refractivity contribution is 5.56. The number of benzene rings is 1. The summed E-state index contributed by atoms with van der Waals surface area (Å²) in [7, 11) is 0. The quantitative estimate of drug-likeness (QED) is 0.492. The van der Waals surface area contributed by atoms with Crippen LogP contribution in [0.25, 0.3) is 0 Å². The first-order valence-corrected chi connectivity index (χ1v) is 6.53. The minimum absolute atomic E-state index is 0.0493. The van der Waals surface area contributed by atoms with Gasteiger partial charge in [0.2, 0.25) is 0 Å². The lowest BCUT2D eigenvalue weighted by Crippen LogP contribution is -2.38. The highest BCUT2D eigenvalue weighted by Crippen LogP contribution is 2.26. The fraction of sp³-hybridized carbons (Fsp3) is 0.538. The number of hydrogen-bond donors (Lipinski definition) is 3. The van der Waals surface area contributed by atoms with Gasteiger partial charge in [0, 0.05) is 30.4 Å². The van der Waals surface area contributed by atoms with Crippen molar-refractivity contribution in [2.75, 3.05) is 18.5 Å². The average molecular weight is 283 g/mol.